The Morgan fingerprint density at radius 1 is 1.39 bits per heavy atom. The first-order valence-corrected chi connectivity index (χ1v) is 5.54. The molecule has 0 saturated carbocycles. The normalized spacial score (nSPS) is 10.4. The van der Waals surface area contributed by atoms with Crippen LogP contribution in [0.1, 0.15) is 17.3 Å². The maximum atomic E-state index is 13.1. The third-order valence-electron chi connectivity index (χ3n) is 2.56. The van der Waals surface area contributed by atoms with E-state index < -0.39 is 17.5 Å². The first kappa shape index (κ1) is 14.4. The van der Waals surface area contributed by atoms with E-state index in [1.807, 2.05) is 0 Å². The Morgan fingerprint density at radius 2 is 2.00 bits per heavy atom. The van der Waals surface area contributed by atoms with Crippen LogP contribution in [0.3, 0.4) is 0 Å². The van der Waals surface area contributed by atoms with Gasteiger partial charge in [0.1, 0.15) is 0 Å². The highest BCUT2D eigenvalue weighted by molar-refractivity contribution is 5.99. The zero-order valence-electron chi connectivity index (χ0n) is 10.4. The molecule has 2 N–H and O–H groups in total. The van der Waals surface area contributed by atoms with Gasteiger partial charge in [-0.3, -0.25) is 4.79 Å². The molecule has 0 fully saturated rings. The van der Waals surface area contributed by atoms with Crippen molar-refractivity contribution in [1.29, 1.82) is 0 Å². The minimum atomic E-state index is -1.09. The first-order chi connectivity index (χ1) is 8.51. The Hall–Kier alpha value is -1.69. The topological polar surface area (TPSA) is 55.6 Å². The zero-order chi connectivity index (χ0) is 13.7. The highest BCUT2D eigenvalue weighted by atomic mass is 19.2. The minimum Gasteiger partial charge on any atom is -0.398 e. The van der Waals surface area contributed by atoms with Gasteiger partial charge >= 0.3 is 0 Å². The lowest BCUT2D eigenvalue weighted by atomic mass is 10.1. The quantitative estimate of drug-likeness (QED) is 0.817. The summed E-state index contributed by atoms with van der Waals surface area (Å²) < 4.78 is 30.9. The second-order valence-corrected chi connectivity index (χ2v) is 3.73. The molecule has 0 heterocycles. The maximum Gasteiger partial charge on any atom is 0.256 e. The van der Waals surface area contributed by atoms with Gasteiger partial charge in [0.05, 0.1) is 12.2 Å². The largest absolute Gasteiger partial charge is 0.398 e. The molecular weight excluding hydrogens is 242 g/mol. The number of hydrogen-bond acceptors (Lipinski definition) is 3. The molecule has 0 spiro atoms. The van der Waals surface area contributed by atoms with E-state index in [2.05, 4.69) is 0 Å². The Labute approximate surface area is 104 Å². The van der Waals surface area contributed by atoms with Gasteiger partial charge in [0.25, 0.3) is 5.91 Å². The number of hydrogen-bond donors (Lipinski definition) is 1. The summed E-state index contributed by atoms with van der Waals surface area (Å²) in [5.41, 5.74) is 5.42. The Balaban J connectivity index is 2.98. The molecule has 0 aliphatic heterocycles. The average molecular weight is 258 g/mol. The van der Waals surface area contributed by atoms with Crippen LogP contribution in [-0.4, -0.2) is 37.6 Å². The monoisotopic (exact) mass is 258 g/mol. The Kier molecular flexibility index (Phi) is 5.03. The molecule has 6 heteroatoms. The van der Waals surface area contributed by atoms with Crippen molar-refractivity contribution in [3.8, 4) is 0 Å². The molecule has 0 aliphatic carbocycles. The lowest BCUT2D eigenvalue weighted by Gasteiger charge is -2.21. The second-order valence-electron chi connectivity index (χ2n) is 3.73. The number of amides is 1. The van der Waals surface area contributed by atoms with Gasteiger partial charge in [-0.25, -0.2) is 8.78 Å². The number of anilines is 1. The minimum absolute atomic E-state index is 0.0353. The van der Waals surface area contributed by atoms with Crippen LogP contribution >= 0.6 is 0 Å². The van der Waals surface area contributed by atoms with Crippen molar-refractivity contribution in [1.82, 2.24) is 4.90 Å². The van der Waals surface area contributed by atoms with Gasteiger partial charge in [0, 0.05) is 32.0 Å². The summed E-state index contributed by atoms with van der Waals surface area (Å²) in [7, 11) is 1.52. The molecular formula is C12H16F2N2O2. The predicted octanol–water partition coefficient (Wildman–Crippen LogP) is 1.66. The number of carbonyl (C=O) groups is 1. The van der Waals surface area contributed by atoms with E-state index in [9.17, 15) is 13.6 Å². The number of halogens is 2. The van der Waals surface area contributed by atoms with Crippen LogP contribution in [0.5, 0.6) is 0 Å². The van der Waals surface area contributed by atoms with Crippen LogP contribution < -0.4 is 5.73 Å². The summed E-state index contributed by atoms with van der Waals surface area (Å²) in [6.07, 6.45) is 0. The van der Waals surface area contributed by atoms with E-state index in [4.69, 9.17) is 10.5 Å². The van der Waals surface area contributed by atoms with Crippen LogP contribution in [0.4, 0.5) is 14.5 Å². The average Bonchev–Trinajstić information content (AvgIpc) is 2.34. The number of carbonyl (C=O) groups excluding carboxylic acids is 1. The third kappa shape index (κ3) is 3.16. The van der Waals surface area contributed by atoms with Gasteiger partial charge in [-0.15, -0.1) is 0 Å². The van der Waals surface area contributed by atoms with Gasteiger partial charge in [0.15, 0.2) is 11.6 Å². The standard InChI is InChI=1S/C12H16F2N2O2/c1-3-16(4-5-18-2)12(17)8-6-9(13)10(14)7-11(8)15/h6-7H,3-5,15H2,1-2H3. The van der Waals surface area contributed by atoms with Gasteiger partial charge in [-0.05, 0) is 13.0 Å². The van der Waals surface area contributed by atoms with E-state index >= 15 is 0 Å². The summed E-state index contributed by atoms with van der Waals surface area (Å²) in [5.74, 6) is -2.59. The molecule has 1 amide bonds. The Morgan fingerprint density at radius 3 is 2.56 bits per heavy atom. The molecule has 1 rings (SSSR count). The predicted molar refractivity (Wildman–Crippen MR) is 64.2 cm³/mol. The fraction of sp³-hybridized carbons (Fsp3) is 0.417. The lowest BCUT2D eigenvalue weighted by molar-refractivity contribution is 0.0707. The van der Waals surface area contributed by atoms with Crippen LogP contribution in [0.15, 0.2) is 12.1 Å². The number of nitrogen functional groups attached to an aromatic ring is 1. The summed E-state index contributed by atoms with van der Waals surface area (Å²) in [4.78, 5) is 13.5. The van der Waals surface area contributed by atoms with Crippen molar-refractivity contribution in [2.75, 3.05) is 32.5 Å². The smallest absolute Gasteiger partial charge is 0.256 e. The summed E-state index contributed by atoms with van der Waals surface area (Å²) in [6.45, 7) is 2.94. The highest BCUT2D eigenvalue weighted by Crippen LogP contribution is 2.18. The maximum absolute atomic E-state index is 13.1. The van der Waals surface area contributed by atoms with Crippen molar-refractivity contribution in [2.24, 2.45) is 0 Å². The van der Waals surface area contributed by atoms with E-state index in [0.29, 0.717) is 19.7 Å². The highest BCUT2D eigenvalue weighted by Gasteiger charge is 2.19. The first-order valence-electron chi connectivity index (χ1n) is 5.54. The molecule has 1 aromatic rings. The van der Waals surface area contributed by atoms with E-state index in [1.54, 1.807) is 6.92 Å². The number of nitrogens with zero attached hydrogens (tertiary/aromatic N) is 1. The molecule has 0 saturated heterocycles. The van der Waals surface area contributed by atoms with Crippen LogP contribution in [0.2, 0.25) is 0 Å². The van der Waals surface area contributed by atoms with Crippen molar-refractivity contribution in [3.05, 3.63) is 29.3 Å². The SMILES string of the molecule is CCN(CCOC)C(=O)c1cc(F)c(F)cc1N. The molecule has 100 valence electrons. The van der Waals surface area contributed by atoms with Crippen molar-refractivity contribution < 1.29 is 18.3 Å². The number of likely N-dealkylation sites (N-methyl/N-ethyl adjacent to an activating group) is 1. The van der Waals surface area contributed by atoms with Crippen LogP contribution in [-0.2, 0) is 4.74 Å². The zero-order valence-corrected chi connectivity index (χ0v) is 10.4. The molecule has 4 nitrogen and oxygen atoms in total. The molecule has 1 aromatic carbocycles. The van der Waals surface area contributed by atoms with E-state index in [0.717, 1.165) is 12.1 Å². The van der Waals surface area contributed by atoms with Gasteiger partial charge < -0.3 is 15.4 Å². The fourth-order valence-corrected chi connectivity index (χ4v) is 1.52. The fourth-order valence-electron chi connectivity index (χ4n) is 1.52. The number of ether oxygens (including phenoxy) is 1. The molecule has 0 aliphatic rings. The number of methoxy groups -OCH3 is 1. The molecule has 18 heavy (non-hydrogen) atoms. The molecule has 0 unspecified atom stereocenters. The molecule has 0 bridgehead atoms. The van der Waals surface area contributed by atoms with E-state index in [1.165, 1.54) is 12.0 Å². The van der Waals surface area contributed by atoms with Gasteiger partial charge in [0.2, 0.25) is 0 Å². The second kappa shape index (κ2) is 6.30. The van der Waals surface area contributed by atoms with E-state index in [-0.39, 0.29) is 11.3 Å². The number of nitrogens with two attached hydrogens (primary N) is 1. The summed E-state index contributed by atoms with van der Waals surface area (Å²) in [6, 6.07) is 1.63. The summed E-state index contributed by atoms with van der Waals surface area (Å²) in [5, 5.41) is 0. The lowest BCUT2D eigenvalue weighted by Crippen LogP contribution is -2.34. The summed E-state index contributed by atoms with van der Waals surface area (Å²) >= 11 is 0. The van der Waals surface area contributed by atoms with Crippen molar-refractivity contribution in [3.63, 3.8) is 0 Å². The Bertz CT molecular complexity index is 438. The van der Waals surface area contributed by atoms with Crippen molar-refractivity contribution >= 4 is 11.6 Å². The number of benzene rings is 1. The van der Waals surface area contributed by atoms with Crippen LogP contribution in [0.25, 0.3) is 0 Å². The molecule has 0 radical (unpaired) electrons. The number of rotatable bonds is 5. The molecule has 0 aromatic heterocycles. The van der Waals surface area contributed by atoms with Gasteiger partial charge in [-0.2, -0.15) is 0 Å². The third-order valence-corrected chi connectivity index (χ3v) is 2.56. The molecule has 0 atom stereocenters. The van der Waals surface area contributed by atoms with Crippen molar-refractivity contribution in [2.45, 2.75) is 6.92 Å². The van der Waals surface area contributed by atoms with Crippen LogP contribution in [0, 0.1) is 11.6 Å². The van der Waals surface area contributed by atoms with Gasteiger partial charge in [-0.1, -0.05) is 0 Å².